The number of carbonyl (C=O) groups excluding carboxylic acids is 1. The Morgan fingerprint density at radius 2 is 2.41 bits per heavy atom. The number of amides is 1. The maximum absolute atomic E-state index is 12.0. The number of hydrogen-bond donors (Lipinski definition) is 2. The number of aromatic nitrogens is 2. The molecule has 6 nitrogen and oxygen atoms in total. The second-order valence-corrected chi connectivity index (χ2v) is 5.71. The summed E-state index contributed by atoms with van der Waals surface area (Å²) in [7, 11) is 0. The molecule has 0 aliphatic carbocycles. The van der Waals surface area contributed by atoms with Gasteiger partial charge in [-0.05, 0) is 45.7 Å². The van der Waals surface area contributed by atoms with Crippen molar-refractivity contribution in [1.29, 1.82) is 0 Å². The van der Waals surface area contributed by atoms with E-state index in [1.54, 1.807) is 6.07 Å². The Bertz CT molecular complexity index is 445. The highest BCUT2D eigenvalue weighted by Crippen LogP contribution is 2.15. The molecule has 0 bridgehead atoms. The van der Waals surface area contributed by atoms with Crippen LogP contribution in [0.4, 0.5) is 0 Å². The van der Waals surface area contributed by atoms with Crippen molar-refractivity contribution in [3.63, 3.8) is 0 Å². The van der Waals surface area contributed by atoms with Crippen LogP contribution in [0, 0.1) is 0 Å². The molecule has 1 atom stereocenters. The van der Waals surface area contributed by atoms with Crippen molar-refractivity contribution in [2.24, 2.45) is 0 Å². The molecule has 0 radical (unpaired) electrons. The number of ether oxygens (including phenoxy) is 1. The van der Waals surface area contributed by atoms with Gasteiger partial charge in [0.1, 0.15) is 5.69 Å². The second-order valence-electron chi connectivity index (χ2n) is 5.71. The molecule has 0 saturated carbocycles. The van der Waals surface area contributed by atoms with E-state index in [0.29, 0.717) is 24.9 Å². The van der Waals surface area contributed by atoms with E-state index < -0.39 is 0 Å². The van der Waals surface area contributed by atoms with Crippen LogP contribution in [0.1, 0.15) is 49.6 Å². The Morgan fingerprint density at radius 3 is 3.09 bits per heavy atom. The summed E-state index contributed by atoms with van der Waals surface area (Å²) >= 11 is 0. The van der Waals surface area contributed by atoms with E-state index in [-0.39, 0.29) is 24.4 Å². The van der Waals surface area contributed by atoms with E-state index in [1.165, 1.54) is 0 Å². The van der Waals surface area contributed by atoms with Gasteiger partial charge in [0.05, 0.1) is 12.1 Å². The van der Waals surface area contributed by atoms with E-state index in [1.807, 2.05) is 24.7 Å². The fraction of sp³-hybridized carbons (Fsp3) is 0.733. The highest BCUT2D eigenvalue weighted by atomic mass is 35.5. The quantitative estimate of drug-likeness (QED) is 0.748. The lowest BCUT2D eigenvalue weighted by Crippen LogP contribution is -2.32. The highest BCUT2D eigenvalue weighted by Gasteiger charge is 2.17. The number of carbonyl (C=O) groups is 1. The molecule has 126 valence electrons. The van der Waals surface area contributed by atoms with Gasteiger partial charge < -0.3 is 15.4 Å². The summed E-state index contributed by atoms with van der Waals surface area (Å²) in [5.41, 5.74) is 0.491. The van der Waals surface area contributed by atoms with Gasteiger partial charge in [-0.1, -0.05) is 0 Å². The number of piperidine rings is 1. The van der Waals surface area contributed by atoms with E-state index in [0.717, 1.165) is 32.4 Å². The first-order chi connectivity index (χ1) is 10.2. The lowest BCUT2D eigenvalue weighted by atomic mass is 10.1. The molecule has 0 spiro atoms. The number of nitrogens with one attached hydrogen (secondary N) is 2. The summed E-state index contributed by atoms with van der Waals surface area (Å²) in [6.07, 6.45) is 5.22. The molecule has 2 N–H and O–H groups in total. The van der Waals surface area contributed by atoms with E-state index in [9.17, 15) is 4.79 Å². The predicted molar refractivity (Wildman–Crippen MR) is 88.7 cm³/mol. The molecule has 1 amide bonds. The van der Waals surface area contributed by atoms with Crippen LogP contribution in [-0.2, 0) is 4.74 Å². The van der Waals surface area contributed by atoms with Gasteiger partial charge in [0, 0.05) is 25.9 Å². The lowest BCUT2D eigenvalue weighted by Gasteiger charge is -2.22. The number of nitrogens with zero attached hydrogens (tertiary/aromatic N) is 2. The normalized spacial score (nSPS) is 18.0. The van der Waals surface area contributed by atoms with Gasteiger partial charge >= 0.3 is 0 Å². The van der Waals surface area contributed by atoms with Gasteiger partial charge in [-0.15, -0.1) is 12.4 Å². The predicted octanol–water partition coefficient (Wildman–Crippen LogP) is 1.77. The zero-order valence-electron chi connectivity index (χ0n) is 13.4. The number of halogens is 1. The first-order valence-electron chi connectivity index (χ1n) is 7.82. The summed E-state index contributed by atoms with van der Waals surface area (Å²) < 4.78 is 7.34. The monoisotopic (exact) mass is 330 g/mol. The summed E-state index contributed by atoms with van der Waals surface area (Å²) in [5.74, 6) is -0.109. The summed E-state index contributed by atoms with van der Waals surface area (Å²) in [5, 5.41) is 10.6. The average Bonchev–Trinajstić information content (AvgIpc) is 2.97. The van der Waals surface area contributed by atoms with Crippen molar-refractivity contribution >= 4 is 18.3 Å². The van der Waals surface area contributed by atoms with Gasteiger partial charge in [0.2, 0.25) is 0 Å². The molecule has 2 rings (SSSR count). The first-order valence-corrected chi connectivity index (χ1v) is 7.82. The van der Waals surface area contributed by atoms with Crippen molar-refractivity contribution in [1.82, 2.24) is 20.4 Å². The van der Waals surface area contributed by atoms with Crippen molar-refractivity contribution < 1.29 is 9.53 Å². The molecule has 22 heavy (non-hydrogen) atoms. The van der Waals surface area contributed by atoms with E-state index in [2.05, 4.69) is 15.7 Å². The molecule has 0 aromatic carbocycles. The topological polar surface area (TPSA) is 68.2 Å². The third-order valence-corrected chi connectivity index (χ3v) is 3.54. The first kappa shape index (κ1) is 18.9. The van der Waals surface area contributed by atoms with E-state index in [4.69, 9.17) is 4.74 Å². The van der Waals surface area contributed by atoms with Crippen LogP contribution in [0.5, 0.6) is 0 Å². The highest BCUT2D eigenvalue weighted by molar-refractivity contribution is 5.92. The van der Waals surface area contributed by atoms with Gasteiger partial charge in [-0.3, -0.25) is 9.48 Å². The molecule has 1 unspecified atom stereocenters. The second kappa shape index (κ2) is 9.82. The zero-order valence-corrected chi connectivity index (χ0v) is 14.2. The summed E-state index contributed by atoms with van der Waals surface area (Å²) in [6, 6.07) is 2.15. The third-order valence-electron chi connectivity index (χ3n) is 3.54. The van der Waals surface area contributed by atoms with Crippen LogP contribution in [0.25, 0.3) is 0 Å². The molecule has 1 aliphatic heterocycles. The minimum atomic E-state index is -0.109. The molecule has 1 aromatic rings. The Kier molecular flexibility index (Phi) is 8.45. The van der Waals surface area contributed by atoms with Crippen LogP contribution >= 0.6 is 12.4 Å². The summed E-state index contributed by atoms with van der Waals surface area (Å²) in [4.78, 5) is 12.0. The Balaban J connectivity index is 0.00000242. The smallest absolute Gasteiger partial charge is 0.271 e. The maximum atomic E-state index is 12.0. The maximum Gasteiger partial charge on any atom is 0.271 e. The molecule has 1 aromatic heterocycles. The SMILES string of the molecule is CC(C)OCCCNC(=O)c1ccn(C2CCCNC2)n1.Cl. The standard InChI is InChI=1S/C15H26N4O2.ClH/c1-12(2)21-10-4-8-17-15(20)14-6-9-19(18-14)13-5-3-7-16-11-13;/h6,9,12-13,16H,3-5,7-8,10-11H2,1-2H3,(H,17,20);1H. The average molecular weight is 331 g/mol. The molecular formula is C15H27ClN4O2. The van der Waals surface area contributed by atoms with Crippen molar-refractivity contribution in [2.45, 2.75) is 45.3 Å². The van der Waals surface area contributed by atoms with Crippen LogP contribution < -0.4 is 10.6 Å². The number of hydrogen-bond acceptors (Lipinski definition) is 4. The van der Waals surface area contributed by atoms with Crippen molar-refractivity contribution in [2.75, 3.05) is 26.2 Å². The van der Waals surface area contributed by atoms with E-state index >= 15 is 0 Å². The van der Waals surface area contributed by atoms with Crippen molar-refractivity contribution in [3.8, 4) is 0 Å². The summed E-state index contributed by atoms with van der Waals surface area (Å²) in [6.45, 7) is 7.29. The molecule has 1 saturated heterocycles. The zero-order chi connectivity index (χ0) is 15.1. The fourth-order valence-electron chi connectivity index (χ4n) is 2.41. The van der Waals surface area contributed by atoms with Gasteiger partial charge in [-0.25, -0.2) is 0 Å². The lowest BCUT2D eigenvalue weighted by molar-refractivity contribution is 0.0756. The molecule has 1 fully saturated rings. The van der Waals surface area contributed by atoms with Crippen LogP contribution in [-0.4, -0.2) is 48.0 Å². The van der Waals surface area contributed by atoms with Gasteiger partial charge in [0.15, 0.2) is 0 Å². The van der Waals surface area contributed by atoms with Crippen LogP contribution in [0.3, 0.4) is 0 Å². The van der Waals surface area contributed by atoms with Crippen molar-refractivity contribution in [3.05, 3.63) is 18.0 Å². The number of rotatable bonds is 7. The molecule has 2 heterocycles. The third kappa shape index (κ3) is 5.94. The van der Waals surface area contributed by atoms with Gasteiger partial charge in [0.25, 0.3) is 5.91 Å². The van der Waals surface area contributed by atoms with Gasteiger partial charge in [-0.2, -0.15) is 5.10 Å². The fourth-order valence-corrected chi connectivity index (χ4v) is 2.41. The Hall–Kier alpha value is -1.11. The molecule has 1 aliphatic rings. The Labute approximate surface area is 138 Å². The minimum Gasteiger partial charge on any atom is -0.379 e. The molecular weight excluding hydrogens is 304 g/mol. The largest absolute Gasteiger partial charge is 0.379 e. The minimum absolute atomic E-state index is 0. The van der Waals surface area contributed by atoms with Crippen LogP contribution in [0.2, 0.25) is 0 Å². The molecule has 7 heteroatoms. The Morgan fingerprint density at radius 1 is 1.59 bits per heavy atom. The van der Waals surface area contributed by atoms with Crippen LogP contribution in [0.15, 0.2) is 12.3 Å².